The first-order chi connectivity index (χ1) is 23.8. The van der Waals surface area contributed by atoms with E-state index < -0.39 is 55.5 Å². The van der Waals surface area contributed by atoms with Crippen LogP contribution < -0.4 is 24.5 Å². The highest BCUT2D eigenvalue weighted by Gasteiger charge is 2.24. The molecule has 17 nitrogen and oxygen atoms in total. The maximum Gasteiger partial charge on any atom is 0.323 e. The Hall–Kier alpha value is -6.07. The Morgan fingerprint density at radius 1 is 0.740 bits per heavy atom. The number of fused-ring (bicyclic) bond motifs is 2. The van der Waals surface area contributed by atoms with Gasteiger partial charge in [0.15, 0.2) is 17.2 Å². The third kappa shape index (κ3) is 9.09. The van der Waals surface area contributed by atoms with E-state index in [-0.39, 0.29) is 66.4 Å². The molecular formula is C33H34N2O15. The van der Waals surface area contributed by atoms with Gasteiger partial charge in [0.2, 0.25) is 5.43 Å². The van der Waals surface area contributed by atoms with E-state index in [0.29, 0.717) is 22.1 Å². The predicted octanol–water partition coefficient (Wildman–Crippen LogP) is 2.13. The molecule has 0 radical (unpaired) electrons. The zero-order valence-electron chi connectivity index (χ0n) is 26.9. The van der Waals surface area contributed by atoms with Gasteiger partial charge in [-0.2, -0.15) is 0 Å². The summed E-state index contributed by atoms with van der Waals surface area (Å²) in [4.78, 5) is 60.4. The van der Waals surface area contributed by atoms with Gasteiger partial charge in [-0.15, -0.1) is 0 Å². The molecular weight excluding hydrogens is 664 g/mol. The second kappa shape index (κ2) is 16.4. The number of rotatable bonds is 19. The van der Waals surface area contributed by atoms with Gasteiger partial charge in [-0.05, 0) is 29.8 Å². The molecule has 1 aliphatic heterocycles. The van der Waals surface area contributed by atoms with Crippen LogP contribution in [0.15, 0.2) is 51.7 Å². The number of hydrogen-bond acceptors (Lipinski definition) is 13. The Bertz CT molecular complexity index is 1890. The second-order valence-corrected chi connectivity index (χ2v) is 10.8. The second-order valence-electron chi connectivity index (χ2n) is 10.8. The minimum Gasteiger partial charge on any atom is -0.504 e. The molecule has 1 heterocycles. The number of carboxylic acid groups (broad SMARTS) is 4. The van der Waals surface area contributed by atoms with E-state index in [0.717, 1.165) is 4.90 Å². The number of ether oxygens (including phenoxy) is 4. The number of phenolic OH excluding ortho intramolecular Hbond substituents is 1. The number of aliphatic carboxylic acids is 4. The molecule has 50 heavy (non-hydrogen) atoms. The first-order valence-corrected chi connectivity index (χ1v) is 14.9. The van der Waals surface area contributed by atoms with E-state index in [4.69, 9.17) is 33.6 Å². The molecule has 0 spiro atoms. The first kappa shape index (κ1) is 36.8. The lowest BCUT2D eigenvalue weighted by Gasteiger charge is -2.25. The molecule has 0 saturated carbocycles. The fraction of sp³-hybridized carbons (Fsp3) is 0.303. The summed E-state index contributed by atoms with van der Waals surface area (Å²) in [5, 5.41) is 48.0. The molecule has 0 aromatic heterocycles. The van der Waals surface area contributed by atoms with Gasteiger partial charge in [-0.25, -0.2) is 0 Å². The quantitative estimate of drug-likeness (QED) is 0.0695. The van der Waals surface area contributed by atoms with Crippen molar-refractivity contribution in [1.82, 2.24) is 4.90 Å². The number of hydrogen-bond donors (Lipinski definition) is 5. The van der Waals surface area contributed by atoms with Crippen molar-refractivity contribution in [3.8, 4) is 45.4 Å². The molecule has 2 aromatic carbocycles. The first-order valence-electron chi connectivity index (χ1n) is 14.9. The molecule has 0 bridgehead atoms. The fourth-order valence-corrected chi connectivity index (χ4v) is 5.25. The van der Waals surface area contributed by atoms with Gasteiger partial charge in [-0.3, -0.25) is 28.9 Å². The van der Waals surface area contributed by atoms with E-state index in [9.17, 15) is 39.3 Å². The summed E-state index contributed by atoms with van der Waals surface area (Å²) < 4.78 is 28.1. The summed E-state index contributed by atoms with van der Waals surface area (Å²) in [5.41, 5.74) is 1.20. The SMILES string of the molecule is COc1cc2c(-c3ccc(N(CC(=O)O)CC(=O)O)c(OCCOCCN(CC(=O)O)CC(=O)O)c3)c3cc(OC)c(=O)cc-3oc2cc1O. The number of phenols is 1. The van der Waals surface area contributed by atoms with Crippen LogP contribution in [0.25, 0.3) is 33.4 Å². The molecule has 0 unspecified atom stereocenters. The highest BCUT2D eigenvalue weighted by Crippen LogP contribution is 2.46. The zero-order chi connectivity index (χ0) is 36.5. The topological polar surface area (TPSA) is 243 Å². The average molecular weight is 699 g/mol. The maximum atomic E-state index is 12.6. The van der Waals surface area contributed by atoms with Crippen LogP contribution in [0.2, 0.25) is 0 Å². The lowest BCUT2D eigenvalue weighted by molar-refractivity contribution is -0.142. The van der Waals surface area contributed by atoms with E-state index >= 15 is 0 Å². The van der Waals surface area contributed by atoms with Gasteiger partial charge in [0.1, 0.15) is 36.8 Å². The number of benzene rings is 3. The van der Waals surface area contributed by atoms with Crippen molar-refractivity contribution >= 4 is 40.5 Å². The normalized spacial score (nSPS) is 11.1. The number of anilines is 1. The number of methoxy groups -OCH3 is 2. The van der Waals surface area contributed by atoms with Crippen LogP contribution in [0.1, 0.15) is 0 Å². The van der Waals surface area contributed by atoms with Crippen LogP contribution in [-0.2, 0) is 23.9 Å². The smallest absolute Gasteiger partial charge is 0.323 e. The molecule has 0 saturated heterocycles. The minimum atomic E-state index is -1.30. The molecule has 5 N–H and O–H groups in total. The van der Waals surface area contributed by atoms with Crippen molar-refractivity contribution in [2.75, 3.05) is 71.7 Å². The van der Waals surface area contributed by atoms with Crippen molar-refractivity contribution in [1.29, 1.82) is 0 Å². The Labute approximate surface area is 283 Å². The van der Waals surface area contributed by atoms with Crippen molar-refractivity contribution in [2.24, 2.45) is 0 Å². The van der Waals surface area contributed by atoms with Crippen LogP contribution in [0.3, 0.4) is 0 Å². The van der Waals surface area contributed by atoms with Crippen molar-refractivity contribution in [2.45, 2.75) is 0 Å². The van der Waals surface area contributed by atoms with Crippen molar-refractivity contribution in [3.63, 3.8) is 0 Å². The maximum absolute atomic E-state index is 12.6. The third-order valence-electron chi connectivity index (χ3n) is 7.30. The van der Waals surface area contributed by atoms with Crippen LogP contribution in [0.4, 0.5) is 5.69 Å². The minimum absolute atomic E-state index is 0.00288. The molecule has 4 rings (SSSR count). The lowest BCUT2D eigenvalue weighted by atomic mass is 9.92. The molecule has 2 aliphatic rings. The van der Waals surface area contributed by atoms with E-state index in [1.54, 1.807) is 12.1 Å². The molecule has 266 valence electrons. The van der Waals surface area contributed by atoms with Gasteiger partial charge in [-0.1, -0.05) is 6.07 Å². The van der Waals surface area contributed by atoms with Crippen molar-refractivity contribution in [3.05, 3.63) is 52.7 Å². The Morgan fingerprint density at radius 3 is 1.98 bits per heavy atom. The summed E-state index contributed by atoms with van der Waals surface area (Å²) in [6.45, 7) is -2.62. The highest BCUT2D eigenvalue weighted by atomic mass is 16.5. The summed E-state index contributed by atoms with van der Waals surface area (Å²) in [6, 6.07) is 10.2. The molecule has 1 aliphatic carbocycles. The Balaban J connectivity index is 1.77. The predicted molar refractivity (Wildman–Crippen MR) is 175 cm³/mol. The van der Waals surface area contributed by atoms with Crippen LogP contribution in [-0.4, -0.2) is 121 Å². The van der Waals surface area contributed by atoms with Crippen LogP contribution in [0, 0.1) is 0 Å². The summed E-state index contributed by atoms with van der Waals surface area (Å²) in [7, 11) is 2.70. The zero-order valence-corrected chi connectivity index (χ0v) is 26.9. The van der Waals surface area contributed by atoms with Crippen molar-refractivity contribution < 1.29 is 68.1 Å². The van der Waals surface area contributed by atoms with Gasteiger partial charge in [0.25, 0.3) is 0 Å². The monoisotopic (exact) mass is 698 g/mol. The Morgan fingerprint density at radius 2 is 1.38 bits per heavy atom. The standard InChI is InChI=1S/C33H34N2O15/c1-46-27-10-19-24(12-22(27)36)50-25-13-23(37)28(47-2)11-20(25)33(19)18-3-4-21(35(16-31(42)43)17-32(44)45)26(9-18)49-8-7-48-6-5-34(14-29(38)39)15-30(40)41/h3-4,9-13,36H,5-8,14-17H2,1-2H3,(H,38,39)(H,40,41)(H,42,43)(H,44,45). The van der Waals surface area contributed by atoms with Gasteiger partial charge < -0.3 is 53.8 Å². The van der Waals surface area contributed by atoms with Gasteiger partial charge in [0, 0.05) is 35.2 Å². The summed E-state index contributed by atoms with van der Waals surface area (Å²) in [5.74, 6) is -4.89. The van der Waals surface area contributed by atoms with E-state index in [2.05, 4.69) is 0 Å². The fourth-order valence-electron chi connectivity index (χ4n) is 5.25. The Kier molecular flexibility index (Phi) is 12.0. The molecule has 2 aromatic rings. The largest absolute Gasteiger partial charge is 0.504 e. The molecule has 0 atom stereocenters. The van der Waals surface area contributed by atoms with Crippen LogP contribution in [0.5, 0.6) is 23.0 Å². The van der Waals surface area contributed by atoms with Crippen LogP contribution >= 0.6 is 0 Å². The number of nitrogens with zero attached hydrogens (tertiary/aromatic N) is 2. The highest BCUT2D eigenvalue weighted by molar-refractivity contribution is 6.03. The number of carbonyl (C=O) groups is 4. The number of carboxylic acids is 4. The van der Waals surface area contributed by atoms with Gasteiger partial charge in [0.05, 0.1) is 46.2 Å². The average Bonchev–Trinajstić information content (AvgIpc) is 3.03. The molecule has 0 fully saturated rings. The van der Waals surface area contributed by atoms with E-state index in [1.807, 2.05) is 0 Å². The lowest BCUT2D eigenvalue weighted by Crippen LogP contribution is -2.37. The van der Waals surface area contributed by atoms with Gasteiger partial charge >= 0.3 is 23.9 Å². The molecule has 17 heteroatoms. The van der Waals surface area contributed by atoms with E-state index in [1.165, 1.54) is 49.5 Å². The molecule has 0 amide bonds. The summed E-state index contributed by atoms with van der Waals surface area (Å²) >= 11 is 0. The third-order valence-corrected chi connectivity index (χ3v) is 7.30. The summed E-state index contributed by atoms with van der Waals surface area (Å²) in [6.07, 6.45) is 0. The number of aromatic hydroxyl groups is 1.